The number of carbonyl (C=O) groups excluding carboxylic acids is 2. The molecule has 10 nitrogen and oxygen atoms in total. The Morgan fingerprint density at radius 2 is 1.87 bits per heavy atom. The minimum atomic E-state index is -1.40. The lowest BCUT2D eigenvalue weighted by molar-refractivity contribution is -0.139. The summed E-state index contributed by atoms with van der Waals surface area (Å²) >= 11 is 9.16. The van der Waals surface area contributed by atoms with Gasteiger partial charge in [-0.3, -0.25) is 19.3 Å². The van der Waals surface area contributed by atoms with Gasteiger partial charge in [-0.2, -0.15) is 0 Å². The molecular formula is C19H19BrClN5O5. The van der Waals surface area contributed by atoms with Gasteiger partial charge in [0.15, 0.2) is 5.96 Å². The maximum absolute atomic E-state index is 13.3. The van der Waals surface area contributed by atoms with E-state index in [-0.39, 0.29) is 38.0 Å². The van der Waals surface area contributed by atoms with Gasteiger partial charge in [-0.25, -0.2) is 4.99 Å². The number of benzene rings is 2. The Labute approximate surface area is 190 Å². The summed E-state index contributed by atoms with van der Waals surface area (Å²) in [4.78, 5) is 42.0. The van der Waals surface area contributed by atoms with Crippen molar-refractivity contribution in [2.75, 3.05) is 6.54 Å². The highest BCUT2D eigenvalue weighted by Gasteiger charge is 2.35. The Balaban J connectivity index is 2.66. The molecule has 0 saturated heterocycles. The van der Waals surface area contributed by atoms with Gasteiger partial charge in [-0.05, 0) is 46.3 Å². The molecule has 2 aromatic carbocycles. The van der Waals surface area contributed by atoms with Gasteiger partial charge in [0.25, 0.3) is 5.91 Å². The Morgan fingerprint density at radius 1 is 1.19 bits per heavy atom. The van der Waals surface area contributed by atoms with Gasteiger partial charge >= 0.3 is 5.97 Å². The van der Waals surface area contributed by atoms with Gasteiger partial charge in [0, 0.05) is 16.1 Å². The zero-order valence-corrected chi connectivity index (χ0v) is 18.3. The van der Waals surface area contributed by atoms with Crippen LogP contribution in [-0.4, -0.2) is 45.4 Å². The number of hydrogen-bond acceptors (Lipinski definition) is 6. The number of aliphatic imine (C=N–C) groups is 1. The molecule has 0 saturated carbocycles. The SMILES string of the molecule is NCC(=O)N(C(=O)c1cccc(N=C(N)N)c1)[C@H](CC(=O)O)c1cc(Cl)cc(Br)c1O. The minimum Gasteiger partial charge on any atom is -0.506 e. The number of imide groups is 1. The molecule has 2 rings (SSSR count). The van der Waals surface area contributed by atoms with Crippen LogP contribution in [0.25, 0.3) is 0 Å². The summed E-state index contributed by atoms with van der Waals surface area (Å²) in [5.41, 5.74) is 16.4. The van der Waals surface area contributed by atoms with Crippen LogP contribution in [0.1, 0.15) is 28.4 Å². The molecule has 0 aromatic heterocycles. The summed E-state index contributed by atoms with van der Waals surface area (Å²) in [5.74, 6) is -3.65. The average Bonchev–Trinajstić information content (AvgIpc) is 2.69. The second kappa shape index (κ2) is 10.2. The maximum Gasteiger partial charge on any atom is 0.305 e. The predicted molar refractivity (Wildman–Crippen MR) is 118 cm³/mol. The van der Waals surface area contributed by atoms with Crippen molar-refractivity contribution >= 4 is 57.0 Å². The third-order valence-electron chi connectivity index (χ3n) is 4.11. The number of halogens is 2. The number of carbonyl (C=O) groups is 3. The van der Waals surface area contributed by atoms with Crippen molar-refractivity contribution in [3.63, 3.8) is 0 Å². The van der Waals surface area contributed by atoms with Crippen molar-refractivity contribution in [2.24, 2.45) is 22.2 Å². The molecule has 0 heterocycles. The quantitative estimate of drug-likeness (QED) is 0.275. The van der Waals surface area contributed by atoms with Crippen LogP contribution in [0.3, 0.4) is 0 Å². The molecule has 164 valence electrons. The number of phenols is 1. The third-order valence-corrected chi connectivity index (χ3v) is 4.93. The average molecular weight is 513 g/mol. The number of nitrogens with two attached hydrogens (primary N) is 3. The standard InChI is InChI=1S/C19H19BrClN5O5/c20-13-6-10(21)5-12(17(13)30)14(7-16(28)29)26(15(27)8-22)18(31)9-2-1-3-11(4-9)25-19(23)24/h1-6,14,30H,7-8,22H2,(H,28,29)(H4,23,24,25)/t14-/m1/s1. The van der Waals surface area contributed by atoms with Crippen molar-refractivity contribution < 1.29 is 24.6 Å². The summed E-state index contributed by atoms with van der Waals surface area (Å²) in [7, 11) is 0. The fourth-order valence-corrected chi connectivity index (χ4v) is 3.70. The first kappa shape index (κ1) is 24.1. The van der Waals surface area contributed by atoms with Crippen LogP contribution in [0.5, 0.6) is 5.75 Å². The summed E-state index contributed by atoms with van der Waals surface area (Å²) in [5, 5.41) is 20.1. The van der Waals surface area contributed by atoms with Crippen LogP contribution in [0.15, 0.2) is 45.9 Å². The Kier molecular flexibility index (Phi) is 7.97. The molecular weight excluding hydrogens is 494 g/mol. The summed E-state index contributed by atoms with van der Waals surface area (Å²) in [6, 6.07) is 6.99. The molecule has 2 aromatic rings. The first-order chi connectivity index (χ1) is 14.5. The second-order valence-corrected chi connectivity index (χ2v) is 7.59. The van der Waals surface area contributed by atoms with E-state index >= 15 is 0 Å². The van der Waals surface area contributed by atoms with Crippen molar-refractivity contribution in [1.82, 2.24) is 4.90 Å². The van der Waals surface area contributed by atoms with E-state index in [0.29, 0.717) is 4.90 Å². The predicted octanol–water partition coefficient (Wildman–Crippen LogP) is 1.86. The van der Waals surface area contributed by atoms with Crippen LogP contribution in [0, 0.1) is 0 Å². The number of rotatable bonds is 7. The highest BCUT2D eigenvalue weighted by atomic mass is 79.9. The number of aromatic hydroxyl groups is 1. The third kappa shape index (κ3) is 5.94. The molecule has 31 heavy (non-hydrogen) atoms. The molecule has 0 spiro atoms. The van der Waals surface area contributed by atoms with Crippen molar-refractivity contribution in [3.8, 4) is 5.75 Å². The number of carboxylic acid groups (broad SMARTS) is 1. The highest BCUT2D eigenvalue weighted by Crippen LogP contribution is 2.39. The van der Waals surface area contributed by atoms with E-state index in [1.165, 1.54) is 36.4 Å². The van der Waals surface area contributed by atoms with Crippen molar-refractivity contribution in [2.45, 2.75) is 12.5 Å². The molecule has 0 aliphatic carbocycles. The van der Waals surface area contributed by atoms with Crippen molar-refractivity contribution in [1.29, 1.82) is 0 Å². The Bertz CT molecular complexity index is 1060. The van der Waals surface area contributed by atoms with Gasteiger partial charge in [0.2, 0.25) is 5.91 Å². The normalized spacial score (nSPS) is 11.5. The molecule has 8 N–H and O–H groups in total. The highest BCUT2D eigenvalue weighted by molar-refractivity contribution is 9.10. The van der Waals surface area contributed by atoms with E-state index in [2.05, 4.69) is 20.9 Å². The monoisotopic (exact) mass is 511 g/mol. The van der Waals surface area contributed by atoms with Crippen LogP contribution in [0.2, 0.25) is 5.02 Å². The van der Waals surface area contributed by atoms with Gasteiger partial charge < -0.3 is 27.4 Å². The molecule has 0 radical (unpaired) electrons. The van der Waals surface area contributed by atoms with Crippen LogP contribution in [-0.2, 0) is 9.59 Å². The van der Waals surface area contributed by atoms with Crippen LogP contribution < -0.4 is 17.2 Å². The summed E-state index contributed by atoms with van der Waals surface area (Å²) in [6.45, 7) is -0.585. The van der Waals surface area contributed by atoms with Gasteiger partial charge in [-0.1, -0.05) is 17.7 Å². The molecule has 0 bridgehead atoms. The van der Waals surface area contributed by atoms with Gasteiger partial charge in [-0.15, -0.1) is 0 Å². The lowest BCUT2D eigenvalue weighted by atomic mass is 9.99. The first-order valence-corrected chi connectivity index (χ1v) is 9.88. The molecule has 0 unspecified atom stereocenters. The number of phenolic OH excluding ortho intramolecular Hbond substituents is 1. The first-order valence-electron chi connectivity index (χ1n) is 8.71. The maximum atomic E-state index is 13.3. The lowest BCUT2D eigenvalue weighted by Gasteiger charge is -2.30. The van der Waals surface area contributed by atoms with E-state index in [1.807, 2.05) is 0 Å². The second-order valence-electron chi connectivity index (χ2n) is 6.30. The largest absolute Gasteiger partial charge is 0.506 e. The van der Waals surface area contributed by atoms with E-state index in [1.54, 1.807) is 0 Å². The molecule has 0 fully saturated rings. The molecule has 0 aliphatic heterocycles. The van der Waals surface area contributed by atoms with Crippen LogP contribution in [0.4, 0.5) is 5.69 Å². The number of amides is 2. The summed E-state index contributed by atoms with van der Waals surface area (Å²) < 4.78 is 0.160. The number of guanidine groups is 1. The minimum absolute atomic E-state index is 0.000252. The number of nitrogens with zero attached hydrogens (tertiary/aromatic N) is 2. The zero-order valence-electron chi connectivity index (χ0n) is 16.0. The Hall–Kier alpha value is -3.15. The van der Waals surface area contributed by atoms with E-state index in [4.69, 9.17) is 28.8 Å². The van der Waals surface area contributed by atoms with Gasteiger partial charge in [0.1, 0.15) is 5.75 Å². The molecule has 0 aliphatic rings. The fourth-order valence-electron chi connectivity index (χ4n) is 2.87. The smallest absolute Gasteiger partial charge is 0.305 e. The molecule has 1 atom stereocenters. The number of aliphatic carboxylic acids is 1. The lowest BCUT2D eigenvalue weighted by Crippen LogP contribution is -2.44. The van der Waals surface area contributed by atoms with Crippen molar-refractivity contribution in [3.05, 3.63) is 57.0 Å². The summed E-state index contributed by atoms with van der Waals surface area (Å²) in [6.07, 6.45) is -0.703. The topological polar surface area (TPSA) is 185 Å². The van der Waals surface area contributed by atoms with Crippen LogP contribution >= 0.6 is 27.5 Å². The Morgan fingerprint density at radius 3 is 2.45 bits per heavy atom. The fraction of sp³-hybridized carbons (Fsp3) is 0.158. The number of carboxylic acids is 1. The van der Waals surface area contributed by atoms with E-state index in [0.717, 1.165) is 0 Å². The molecule has 12 heteroatoms. The zero-order chi connectivity index (χ0) is 23.3. The van der Waals surface area contributed by atoms with Gasteiger partial charge in [0.05, 0.1) is 29.2 Å². The van der Waals surface area contributed by atoms with E-state index < -0.39 is 36.8 Å². The molecule has 2 amide bonds. The van der Waals surface area contributed by atoms with E-state index in [9.17, 15) is 24.6 Å². The number of hydrogen-bond donors (Lipinski definition) is 5.